The van der Waals surface area contributed by atoms with Crippen LogP contribution in [0.25, 0.3) is 6.08 Å². The van der Waals surface area contributed by atoms with E-state index < -0.39 is 4.92 Å². The van der Waals surface area contributed by atoms with Gasteiger partial charge in [0.15, 0.2) is 17.8 Å². The van der Waals surface area contributed by atoms with Gasteiger partial charge in [0.25, 0.3) is 5.69 Å². The van der Waals surface area contributed by atoms with Gasteiger partial charge in [0, 0.05) is 17.3 Å². The van der Waals surface area contributed by atoms with Crippen molar-refractivity contribution >= 4 is 55.6 Å². The number of nitrogens with zero attached hydrogens (tertiary/aromatic N) is 1. The average Bonchev–Trinajstić information content (AvgIpc) is 3.08. The van der Waals surface area contributed by atoms with Gasteiger partial charge in [-0.25, -0.2) is 0 Å². The zero-order valence-corrected chi connectivity index (χ0v) is 28.6. The van der Waals surface area contributed by atoms with Crippen LogP contribution < -0.4 is 19.9 Å². The second-order valence-corrected chi connectivity index (χ2v) is 13.0. The minimum Gasteiger partial charge on any atom is -0.488 e. The Bertz CT molecular complexity index is 1810. The van der Waals surface area contributed by atoms with Gasteiger partial charge in [0.05, 0.1) is 19.9 Å². The lowest BCUT2D eigenvalue weighted by atomic mass is 10.1. The fraction of sp³-hybridized carbons (Fsp3) is 0.108. The van der Waals surface area contributed by atoms with E-state index >= 15 is 0 Å². The van der Waals surface area contributed by atoms with E-state index in [1.807, 2.05) is 103 Å². The number of carbonyl (C=O) groups excluding carboxylic acids is 1. The van der Waals surface area contributed by atoms with Crippen molar-refractivity contribution in [1.82, 2.24) is 0 Å². The summed E-state index contributed by atoms with van der Waals surface area (Å²) in [5, 5.41) is 10.9. The van der Waals surface area contributed by atoms with Gasteiger partial charge in [0.2, 0.25) is 0 Å². The molecule has 0 aromatic heterocycles. The molecule has 0 unspecified atom stereocenters. The number of nitrogens with two attached hydrogens (primary N) is 1. The molecule has 0 aliphatic heterocycles. The predicted molar refractivity (Wildman–Crippen MR) is 192 cm³/mol. The molecule has 5 aromatic carbocycles. The molecule has 0 fully saturated rings. The highest BCUT2D eigenvalue weighted by Crippen LogP contribution is 2.36. The molecule has 0 amide bonds. The lowest BCUT2D eigenvalue weighted by Gasteiger charge is -2.15. The van der Waals surface area contributed by atoms with Crippen molar-refractivity contribution in [2.75, 3.05) is 5.73 Å². The van der Waals surface area contributed by atoms with Crippen LogP contribution in [0.2, 0.25) is 0 Å². The van der Waals surface area contributed by atoms with E-state index in [0.29, 0.717) is 54.6 Å². The molecule has 0 saturated carbocycles. The fourth-order valence-electron chi connectivity index (χ4n) is 4.37. The normalized spacial score (nSPS) is 10.2. The highest BCUT2D eigenvalue weighted by atomic mass is 79.9. The lowest BCUT2D eigenvalue weighted by molar-refractivity contribution is -0.385. The third-order valence-corrected chi connectivity index (χ3v) is 7.23. The number of nitro benzene ring substituents is 1. The van der Waals surface area contributed by atoms with Gasteiger partial charge in [-0.05, 0) is 79.2 Å². The molecule has 0 atom stereocenters. The molecule has 0 radical (unpaired) electrons. The SMILES string of the molecule is Cc1cc(C=O)c([N+](=O)[O-])cc1OCc1ccccc1.Nc1cc(OCc2ccccc2)c(OCc2ccccc2)cc1C=C(Br)Br. The molecule has 0 spiro atoms. The Labute approximate surface area is 290 Å². The van der Waals surface area contributed by atoms with Gasteiger partial charge in [-0.1, -0.05) is 91.0 Å². The number of rotatable bonds is 12. The Hall–Kier alpha value is -4.93. The minimum atomic E-state index is -0.585. The number of aldehydes is 1. The first-order chi connectivity index (χ1) is 22.7. The van der Waals surface area contributed by atoms with E-state index in [2.05, 4.69) is 31.9 Å². The quantitative estimate of drug-likeness (QED) is 0.0583. The number of anilines is 1. The summed E-state index contributed by atoms with van der Waals surface area (Å²) in [6.07, 6.45) is 2.36. The fourth-order valence-corrected chi connectivity index (χ4v) is 4.87. The maximum atomic E-state index is 10.9. The Balaban J connectivity index is 0.000000223. The molecular formula is C37H32Br2N2O6. The van der Waals surface area contributed by atoms with Gasteiger partial charge >= 0.3 is 0 Å². The first-order valence-electron chi connectivity index (χ1n) is 14.4. The van der Waals surface area contributed by atoms with Crippen LogP contribution in [0.1, 0.15) is 38.2 Å². The van der Waals surface area contributed by atoms with Crippen LogP contribution in [0.15, 0.2) is 119 Å². The largest absolute Gasteiger partial charge is 0.488 e. The lowest BCUT2D eigenvalue weighted by Crippen LogP contribution is -2.02. The van der Waals surface area contributed by atoms with Crippen LogP contribution in [0.5, 0.6) is 17.2 Å². The molecule has 2 N–H and O–H groups in total. The maximum Gasteiger partial charge on any atom is 0.283 e. The minimum absolute atomic E-state index is 0.0551. The monoisotopic (exact) mass is 758 g/mol. The molecule has 0 aliphatic carbocycles. The summed E-state index contributed by atoms with van der Waals surface area (Å²) in [7, 11) is 0. The summed E-state index contributed by atoms with van der Waals surface area (Å²) in [5.74, 6) is 1.68. The highest BCUT2D eigenvalue weighted by molar-refractivity contribution is 9.28. The van der Waals surface area contributed by atoms with E-state index in [0.717, 1.165) is 25.6 Å². The number of benzene rings is 5. The molecule has 10 heteroatoms. The number of nitrogen functional groups attached to an aromatic ring is 1. The molecule has 0 saturated heterocycles. The van der Waals surface area contributed by atoms with E-state index in [9.17, 15) is 14.9 Å². The van der Waals surface area contributed by atoms with Crippen LogP contribution in [0, 0.1) is 17.0 Å². The summed E-state index contributed by atoms with van der Waals surface area (Å²) in [4.78, 5) is 21.2. The smallest absolute Gasteiger partial charge is 0.283 e. The first-order valence-corrected chi connectivity index (χ1v) is 16.0. The summed E-state index contributed by atoms with van der Waals surface area (Å²) in [5.41, 5.74) is 11.3. The highest BCUT2D eigenvalue weighted by Gasteiger charge is 2.17. The zero-order valence-electron chi connectivity index (χ0n) is 25.5. The molecule has 5 rings (SSSR count). The summed E-state index contributed by atoms with van der Waals surface area (Å²) in [6, 6.07) is 36.0. The van der Waals surface area contributed by atoms with Gasteiger partial charge in [-0.15, -0.1) is 0 Å². The van der Waals surface area contributed by atoms with Crippen molar-refractivity contribution in [3.63, 3.8) is 0 Å². The molecule has 240 valence electrons. The topological polar surface area (TPSA) is 114 Å². The average molecular weight is 760 g/mol. The van der Waals surface area contributed by atoms with Crippen LogP contribution in [0.4, 0.5) is 11.4 Å². The van der Waals surface area contributed by atoms with Crippen molar-refractivity contribution in [3.05, 3.63) is 162 Å². The van der Waals surface area contributed by atoms with Gasteiger partial charge in [-0.3, -0.25) is 14.9 Å². The molecule has 0 heterocycles. The molecule has 47 heavy (non-hydrogen) atoms. The van der Waals surface area contributed by atoms with E-state index in [-0.39, 0.29) is 11.3 Å². The molecule has 0 bridgehead atoms. The Morgan fingerprint density at radius 1 is 0.702 bits per heavy atom. The second-order valence-electron chi connectivity index (χ2n) is 10.2. The Morgan fingerprint density at radius 3 is 1.57 bits per heavy atom. The van der Waals surface area contributed by atoms with Gasteiger partial charge < -0.3 is 19.9 Å². The van der Waals surface area contributed by atoms with Crippen molar-refractivity contribution in [2.24, 2.45) is 0 Å². The van der Waals surface area contributed by atoms with Crippen molar-refractivity contribution in [2.45, 2.75) is 26.7 Å². The zero-order chi connectivity index (χ0) is 33.6. The van der Waals surface area contributed by atoms with E-state index in [1.165, 1.54) is 12.1 Å². The predicted octanol–water partition coefficient (Wildman–Crippen LogP) is 9.81. The van der Waals surface area contributed by atoms with Crippen LogP contribution in [0.3, 0.4) is 0 Å². The molecule has 8 nitrogen and oxygen atoms in total. The Kier molecular flexibility index (Phi) is 13.1. The molecule has 0 aliphatic rings. The van der Waals surface area contributed by atoms with E-state index in [4.69, 9.17) is 19.9 Å². The number of hydrogen-bond acceptors (Lipinski definition) is 7. The molecule has 5 aromatic rings. The Morgan fingerprint density at radius 2 is 1.15 bits per heavy atom. The number of carbonyl (C=O) groups is 1. The van der Waals surface area contributed by atoms with Crippen molar-refractivity contribution in [1.29, 1.82) is 0 Å². The van der Waals surface area contributed by atoms with E-state index in [1.54, 1.807) is 13.0 Å². The van der Waals surface area contributed by atoms with Gasteiger partial charge in [0.1, 0.15) is 25.6 Å². The van der Waals surface area contributed by atoms with Gasteiger partial charge in [-0.2, -0.15) is 0 Å². The third kappa shape index (κ3) is 10.8. The number of aryl methyl sites for hydroxylation is 1. The number of hydrogen-bond donors (Lipinski definition) is 1. The van der Waals surface area contributed by atoms with Crippen LogP contribution >= 0.6 is 31.9 Å². The summed E-state index contributed by atoms with van der Waals surface area (Å²) >= 11 is 6.75. The maximum absolute atomic E-state index is 10.9. The van der Waals surface area contributed by atoms with Crippen LogP contribution in [-0.2, 0) is 19.8 Å². The summed E-state index contributed by atoms with van der Waals surface area (Å²) in [6.45, 7) is 2.96. The number of halogens is 2. The first kappa shape index (κ1) is 34.9. The third-order valence-electron chi connectivity index (χ3n) is 6.77. The number of ether oxygens (including phenoxy) is 3. The van der Waals surface area contributed by atoms with Crippen molar-refractivity contribution < 1.29 is 23.9 Å². The second kappa shape index (κ2) is 17.7. The molecular weight excluding hydrogens is 728 g/mol. The van der Waals surface area contributed by atoms with Crippen LogP contribution in [-0.4, -0.2) is 11.2 Å². The van der Waals surface area contributed by atoms with Crippen molar-refractivity contribution in [3.8, 4) is 17.2 Å². The number of nitro groups is 1. The summed E-state index contributed by atoms with van der Waals surface area (Å²) < 4.78 is 18.4. The standard InChI is InChI=1S/C22H19Br2NO2.C15H13NO4/c23-22(24)12-18-11-20(26-14-16-7-3-1-4-8-16)21(13-19(18)25)27-15-17-9-5-2-6-10-17;1-11-7-13(9-17)14(16(18)19)8-15(11)20-10-12-5-3-2-4-6-12/h1-13H,14-15,25H2;2-9H,10H2,1H3.